The molecule has 0 spiro atoms. The van der Waals surface area contributed by atoms with Gasteiger partial charge in [0.05, 0.1) is 10.7 Å². The lowest BCUT2D eigenvalue weighted by molar-refractivity contribution is -0.116. The third-order valence-electron chi connectivity index (χ3n) is 4.18. The van der Waals surface area contributed by atoms with Crippen molar-refractivity contribution in [3.63, 3.8) is 0 Å². The second-order valence-corrected chi connectivity index (χ2v) is 6.39. The fraction of sp³-hybridized carbons (Fsp3) is 0.250. The van der Waals surface area contributed by atoms with E-state index in [9.17, 15) is 9.18 Å². The van der Waals surface area contributed by atoms with Crippen LogP contribution in [0.3, 0.4) is 0 Å². The smallest absolute Gasteiger partial charge is 0.163 e. The normalized spacial score (nSPS) is 20.5. The van der Waals surface area contributed by atoms with Crippen molar-refractivity contribution in [2.45, 2.75) is 25.3 Å². The first-order valence-corrected chi connectivity index (χ1v) is 7.96. The zero-order valence-electron chi connectivity index (χ0n) is 11.6. The van der Waals surface area contributed by atoms with Crippen LogP contribution < -0.4 is 5.32 Å². The molecule has 1 unspecified atom stereocenters. The van der Waals surface area contributed by atoms with Gasteiger partial charge in [0.15, 0.2) is 5.78 Å². The highest BCUT2D eigenvalue weighted by atomic mass is 79.9. The van der Waals surface area contributed by atoms with Gasteiger partial charge in [-0.1, -0.05) is 6.07 Å². The van der Waals surface area contributed by atoms with Gasteiger partial charge in [0.25, 0.3) is 0 Å². The summed E-state index contributed by atoms with van der Waals surface area (Å²) in [6, 6.07) is 6.48. The number of benzene rings is 1. The molecule has 1 aliphatic carbocycles. The molecule has 1 N–H and O–H groups in total. The van der Waals surface area contributed by atoms with Crippen molar-refractivity contribution in [2.75, 3.05) is 5.32 Å². The van der Waals surface area contributed by atoms with E-state index in [1.165, 1.54) is 6.07 Å². The number of fused-ring (bicyclic) bond motifs is 1. The Labute approximate surface area is 135 Å². The van der Waals surface area contributed by atoms with E-state index in [0.29, 0.717) is 16.5 Å². The molecule has 1 aromatic heterocycles. The van der Waals surface area contributed by atoms with E-state index >= 15 is 0 Å². The fourth-order valence-corrected chi connectivity index (χ4v) is 3.44. The number of aromatic nitrogens is 2. The Morgan fingerprint density at radius 3 is 3.00 bits per heavy atom. The number of hydrogen-bond acceptors (Lipinski definition) is 3. The second-order valence-electron chi connectivity index (χ2n) is 5.53. The molecule has 1 aliphatic heterocycles. The van der Waals surface area contributed by atoms with E-state index in [2.05, 4.69) is 26.3 Å². The zero-order chi connectivity index (χ0) is 15.3. The van der Waals surface area contributed by atoms with Gasteiger partial charge in [-0.15, -0.1) is 0 Å². The summed E-state index contributed by atoms with van der Waals surface area (Å²) >= 11 is 3.17. The van der Waals surface area contributed by atoms with Crippen LogP contribution in [0.25, 0.3) is 0 Å². The first kappa shape index (κ1) is 13.7. The maximum absolute atomic E-state index is 14.0. The number of carbonyl (C=O) groups is 1. The molecule has 6 heteroatoms. The minimum Gasteiger partial charge on any atom is -0.343 e. The first-order valence-electron chi connectivity index (χ1n) is 7.17. The average molecular weight is 362 g/mol. The van der Waals surface area contributed by atoms with Crippen molar-refractivity contribution in [2.24, 2.45) is 0 Å². The van der Waals surface area contributed by atoms with Crippen LogP contribution in [0.2, 0.25) is 0 Å². The van der Waals surface area contributed by atoms with Gasteiger partial charge < -0.3 is 5.32 Å². The molecule has 1 atom stereocenters. The van der Waals surface area contributed by atoms with Gasteiger partial charge in [-0.05, 0) is 46.5 Å². The van der Waals surface area contributed by atoms with Gasteiger partial charge in [-0.2, -0.15) is 5.10 Å². The van der Waals surface area contributed by atoms with Crippen LogP contribution in [-0.2, 0) is 4.79 Å². The lowest BCUT2D eigenvalue weighted by atomic mass is 9.85. The number of anilines is 1. The number of rotatable bonds is 1. The standard InChI is InChI=1S/C16H13BrFN3O/c17-10-5-4-9(8-11(10)18)16-15-12(2-1-3-13(15)22)20-14-6-7-19-21(14)16/h4-8,16,20H,1-3H2. The minimum atomic E-state index is -0.364. The summed E-state index contributed by atoms with van der Waals surface area (Å²) in [5.74, 6) is 0.611. The van der Waals surface area contributed by atoms with Crippen molar-refractivity contribution >= 4 is 27.5 Å². The number of allylic oxidation sites excluding steroid dienone is 2. The van der Waals surface area contributed by atoms with Crippen LogP contribution in [-0.4, -0.2) is 15.6 Å². The highest BCUT2D eigenvalue weighted by Gasteiger charge is 2.35. The number of nitrogens with zero attached hydrogens (tertiary/aromatic N) is 2. The molecule has 2 heterocycles. The van der Waals surface area contributed by atoms with Crippen LogP contribution in [0.1, 0.15) is 30.9 Å². The molecule has 112 valence electrons. The van der Waals surface area contributed by atoms with Gasteiger partial charge >= 0.3 is 0 Å². The highest BCUT2D eigenvalue weighted by molar-refractivity contribution is 9.10. The SMILES string of the molecule is O=C1CCCC2=C1C(c1ccc(Br)c(F)c1)n1nccc1N2. The largest absolute Gasteiger partial charge is 0.343 e. The van der Waals surface area contributed by atoms with Gasteiger partial charge in [0, 0.05) is 23.8 Å². The summed E-state index contributed by atoms with van der Waals surface area (Å²) in [4.78, 5) is 12.5. The van der Waals surface area contributed by atoms with Crippen molar-refractivity contribution in [3.8, 4) is 0 Å². The summed E-state index contributed by atoms with van der Waals surface area (Å²) in [5.41, 5.74) is 2.39. The van der Waals surface area contributed by atoms with E-state index in [4.69, 9.17) is 0 Å². The number of Topliss-reactive ketones (excluding diaryl/α,β-unsaturated/α-hetero) is 1. The topological polar surface area (TPSA) is 46.9 Å². The maximum Gasteiger partial charge on any atom is 0.163 e. The Kier molecular flexibility index (Phi) is 3.14. The molecule has 0 saturated carbocycles. The molecular formula is C16H13BrFN3O. The molecule has 1 aromatic carbocycles. The lowest BCUT2D eigenvalue weighted by Gasteiger charge is -2.33. The molecule has 4 rings (SSSR count). The van der Waals surface area contributed by atoms with Gasteiger partial charge in [0.2, 0.25) is 0 Å². The van der Waals surface area contributed by atoms with Crippen molar-refractivity contribution in [3.05, 3.63) is 57.6 Å². The quantitative estimate of drug-likeness (QED) is 0.839. The minimum absolute atomic E-state index is 0.114. The number of hydrogen-bond donors (Lipinski definition) is 1. The summed E-state index contributed by atoms with van der Waals surface area (Å²) in [7, 11) is 0. The van der Waals surface area contributed by atoms with Crippen molar-refractivity contribution in [1.29, 1.82) is 0 Å². The van der Waals surface area contributed by atoms with Gasteiger partial charge in [-0.25, -0.2) is 9.07 Å². The van der Waals surface area contributed by atoms with E-state index in [1.54, 1.807) is 16.9 Å². The van der Waals surface area contributed by atoms with Crippen LogP contribution in [0.5, 0.6) is 0 Å². The molecule has 4 nitrogen and oxygen atoms in total. The van der Waals surface area contributed by atoms with Gasteiger partial charge in [-0.3, -0.25) is 4.79 Å². The Hall–Kier alpha value is -1.95. The third kappa shape index (κ3) is 2.01. The molecule has 0 radical (unpaired) electrons. The van der Waals surface area contributed by atoms with Gasteiger partial charge in [0.1, 0.15) is 17.7 Å². The molecule has 2 aliphatic rings. The molecule has 2 aromatic rings. The Morgan fingerprint density at radius 2 is 2.18 bits per heavy atom. The summed E-state index contributed by atoms with van der Waals surface area (Å²) in [6.45, 7) is 0. The molecule has 0 fully saturated rings. The van der Waals surface area contributed by atoms with Crippen molar-refractivity contribution in [1.82, 2.24) is 9.78 Å². The lowest BCUT2D eigenvalue weighted by Crippen LogP contribution is -2.31. The number of halogens is 2. The van der Waals surface area contributed by atoms with Crippen LogP contribution in [0.4, 0.5) is 10.2 Å². The summed E-state index contributed by atoms with van der Waals surface area (Å²) in [5, 5.41) is 7.62. The van der Waals surface area contributed by atoms with Crippen LogP contribution >= 0.6 is 15.9 Å². The molecule has 0 saturated heterocycles. The van der Waals surface area contributed by atoms with Crippen LogP contribution in [0, 0.1) is 5.82 Å². The van der Waals surface area contributed by atoms with E-state index < -0.39 is 0 Å². The number of carbonyl (C=O) groups excluding carboxylic acids is 1. The molecular weight excluding hydrogens is 349 g/mol. The zero-order valence-corrected chi connectivity index (χ0v) is 13.2. The summed E-state index contributed by atoms with van der Waals surface area (Å²) < 4.78 is 16.1. The monoisotopic (exact) mass is 361 g/mol. The third-order valence-corrected chi connectivity index (χ3v) is 4.83. The second kappa shape index (κ2) is 5.05. The highest BCUT2D eigenvalue weighted by Crippen LogP contribution is 2.40. The predicted octanol–water partition coefficient (Wildman–Crippen LogP) is 3.81. The Balaban J connectivity index is 1.92. The maximum atomic E-state index is 14.0. The number of nitrogens with one attached hydrogen (secondary N) is 1. The van der Waals surface area contributed by atoms with E-state index in [1.807, 2.05) is 12.1 Å². The average Bonchev–Trinajstić information content (AvgIpc) is 2.96. The fourth-order valence-electron chi connectivity index (χ4n) is 3.20. The molecule has 0 amide bonds. The van der Waals surface area contributed by atoms with E-state index in [0.717, 1.165) is 29.9 Å². The predicted molar refractivity (Wildman–Crippen MR) is 84.0 cm³/mol. The van der Waals surface area contributed by atoms with Crippen LogP contribution in [0.15, 0.2) is 46.2 Å². The number of ketones is 1. The molecule has 0 bridgehead atoms. The molecule has 22 heavy (non-hydrogen) atoms. The Morgan fingerprint density at radius 1 is 1.32 bits per heavy atom. The first-order chi connectivity index (χ1) is 10.6. The van der Waals surface area contributed by atoms with E-state index in [-0.39, 0.29) is 17.6 Å². The Bertz CT molecular complexity index is 811. The van der Waals surface area contributed by atoms with Crippen molar-refractivity contribution < 1.29 is 9.18 Å². The summed E-state index contributed by atoms with van der Waals surface area (Å²) in [6.07, 6.45) is 3.90.